The van der Waals surface area contributed by atoms with Crippen LogP contribution in [0.2, 0.25) is 6.04 Å². The van der Waals surface area contributed by atoms with Crippen LogP contribution in [0.15, 0.2) is 0 Å². The molecule has 0 aromatic heterocycles. The van der Waals surface area contributed by atoms with Crippen molar-refractivity contribution >= 4 is 21.4 Å². The zero-order valence-corrected chi connectivity index (χ0v) is 18.7. The van der Waals surface area contributed by atoms with Crippen LogP contribution in [0.4, 0.5) is 0 Å². The lowest BCUT2D eigenvalue weighted by Crippen LogP contribution is -2.52. The van der Waals surface area contributed by atoms with Gasteiger partial charge in [0.25, 0.3) is 0 Å². The first-order valence-electron chi connectivity index (χ1n) is 10.1. The summed E-state index contributed by atoms with van der Waals surface area (Å²) in [5.74, 6) is 0.534. The van der Waals surface area contributed by atoms with Gasteiger partial charge >= 0.3 is 8.80 Å². The van der Waals surface area contributed by atoms with Crippen molar-refractivity contribution in [3.63, 3.8) is 0 Å². The molecule has 3 unspecified atom stereocenters. The maximum absolute atomic E-state index is 6.13. The molecule has 26 heavy (non-hydrogen) atoms. The number of ether oxygens (including phenoxy) is 2. The zero-order valence-electron chi connectivity index (χ0n) is 16.8. The van der Waals surface area contributed by atoms with Crippen molar-refractivity contribution in [2.75, 3.05) is 46.2 Å². The van der Waals surface area contributed by atoms with Crippen molar-refractivity contribution in [2.24, 2.45) is 5.92 Å². The lowest BCUT2D eigenvalue weighted by atomic mass is 10.1. The highest BCUT2D eigenvalue weighted by Crippen LogP contribution is 2.23. The first-order chi connectivity index (χ1) is 12.6. The van der Waals surface area contributed by atoms with Crippen LogP contribution in [-0.2, 0) is 22.9 Å². The van der Waals surface area contributed by atoms with Crippen LogP contribution in [0.1, 0.15) is 52.9 Å². The van der Waals surface area contributed by atoms with Gasteiger partial charge in [-0.25, -0.2) is 5.48 Å². The molecule has 1 aliphatic rings. The predicted octanol–water partition coefficient (Wildman–Crippen LogP) is 3.45. The van der Waals surface area contributed by atoms with Crippen molar-refractivity contribution < 1.29 is 22.9 Å². The average Bonchev–Trinajstić information content (AvgIpc) is 2.63. The molecule has 0 aromatic carbocycles. The second-order valence-corrected chi connectivity index (χ2v) is 10.3. The Balaban J connectivity index is 2.32. The fraction of sp³-hybridized carbons (Fsp3) is 1.00. The maximum atomic E-state index is 6.13. The number of nitrogens with one attached hydrogen (secondary N) is 1. The van der Waals surface area contributed by atoms with Crippen LogP contribution in [0.5, 0.6) is 0 Å². The highest BCUT2D eigenvalue weighted by Gasteiger charge is 2.43. The minimum atomic E-state index is -2.73. The Hall–Kier alpha value is 0.327. The van der Waals surface area contributed by atoms with Crippen molar-refractivity contribution in [1.82, 2.24) is 5.48 Å². The van der Waals surface area contributed by atoms with E-state index in [4.69, 9.17) is 22.9 Å². The van der Waals surface area contributed by atoms with E-state index < -0.39 is 8.80 Å². The molecule has 0 aromatic rings. The number of hydroxylamine groups is 1. The van der Waals surface area contributed by atoms with Crippen LogP contribution in [0, 0.1) is 5.92 Å². The number of thiol groups is 1. The molecule has 1 saturated heterocycles. The molecule has 1 aliphatic heterocycles. The summed E-state index contributed by atoms with van der Waals surface area (Å²) in [6.45, 7) is 11.0. The van der Waals surface area contributed by atoms with Crippen molar-refractivity contribution in [3.8, 4) is 0 Å². The summed E-state index contributed by atoms with van der Waals surface area (Å²) in [4.78, 5) is 0. The average molecular weight is 410 g/mol. The standard InChI is InChI=1S/C18H39NO5SSi/c1-4-6-9-20-11-12-21-13-14-23-26(15-8-18(25)5-2)22-10-7-17(3)16-19-24-26/h17-19,25H,4-16H2,1-3H3. The smallest absolute Gasteiger partial charge is 0.379 e. The molecule has 3 atom stereocenters. The monoisotopic (exact) mass is 409 g/mol. The highest BCUT2D eigenvalue weighted by atomic mass is 32.1. The van der Waals surface area contributed by atoms with E-state index in [1.807, 2.05) is 0 Å². The minimum Gasteiger partial charge on any atom is -0.379 e. The van der Waals surface area contributed by atoms with Gasteiger partial charge in [-0.2, -0.15) is 12.6 Å². The number of unbranched alkanes of at least 4 members (excludes halogenated alkanes) is 1. The molecule has 1 N–H and O–H groups in total. The first-order valence-corrected chi connectivity index (χ1v) is 12.6. The Bertz CT molecular complexity index is 331. The Morgan fingerprint density at radius 3 is 2.62 bits per heavy atom. The van der Waals surface area contributed by atoms with Crippen LogP contribution in [0.3, 0.4) is 0 Å². The summed E-state index contributed by atoms with van der Waals surface area (Å²) >= 11 is 4.60. The number of hydrogen-bond acceptors (Lipinski definition) is 7. The van der Waals surface area contributed by atoms with Gasteiger partial charge in [-0.3, -0.25) is 4.53 Å². The third-order valence-corrected chi connectivity index (χ3v) is 7.68. The summed E-state index contributed by atoms with van der Waals surface area (Å²) in [7, 11) is -2.73. The molecule has 0 aliphatic carbocycles. The lowest BCUT2D eigenvalue weighted by Gasteiger charge is -2.33. The molecular weight excluding hydrogens is 370 g/mol. The van der Waals surface area contributed by atoms with Crippen LogP contribution in [-0.4, -0.2) is 60.2 Å². The fourth-order valence-electron chi connectivity index (χ4n) is 2.48. The molecule has 156 valence electrons. The van der Waals surface area contributed by atoms with Gasteiger partial charge in [0.05, 0.1) is 26.4 Å². The van der Waals surface area contributed by atoms with Gasteiger partial charge in [-0.1, -0.05) is 27.2 Å². The number of rotatable bonds is 14. The molecule has 1 fully saturated rings. The van der Waals surface area contributed by atoms with Gasteiger partial charge in [-0.15, -0.1) is 0 Å². The van der Waals surface area contributed by atoms with E-state index in [0.717, 1.165) is 51.3 Å². The van der Waals surface area contributed by atoms with Crippen molar-refractivity contribution in [2.45, 2.75) is 64.2 Å². The highest BCUT2D eigenvalue weighted by molar-refractivity contribution is 7.80. The summed E-state index contributed by atoms with van der Waals surface area (Å²) in [5, 5.41) is 0.344. The molecule has 6 nitrogen and oxygen atoms in total. The minimum absolute atomic E-state index is 0.344. The Morgan fingerprint density at radius 1 is 1.15 bits per heavy atom. The van der Waals surface area contributed by atoms with Gasteiger partial charge in [0.1, 0.15) is 0 Å². The van der Waals surface area contributed by atoms with Gasteiger partial charge in [0.2, 0.25) is 0 Å². The molecule has 0 radical (unpaired) electrons. The zero-order chi connectivity index (χ0) is 19.1. The summed E-state index contributed by atoms with van der Waals surface area (Å²) < 4.78 is 29.3. The molecule has 0 amide bonds. The maximum Gasteiger partial charge on any atom is 0.518 e. The van der Waals surface area contributed by atoms with E-state index >= 15 is 0 Å². The van der Waals surface area contributed by atoms with Gasteiger partial charge < -0.3 is 18.3 Å². The topological polar surface area (TPSA) is 58.2 Å². The van der Waals surface area contributed by atoms with Crippen LogP contribution in [0.25, 0.3) is 0 Å². The van der Waals surface area contributed by atoms with E-state index in [2.05, 4.69) is 38.9 Å². The first kappa shape index (κ1) is 24.4. The molecule has 0 spiro atoms. The molecule has 1 rings (SSSR count). The second-order valence-electron chi connectivity index (χ2n) is 6.90. The van der Waals surface area contributed by atoms with Crippen molar-refractivity contribution in [1.29, 1.82) is 0 Å². The quantitative estimate of drug-likeness (QED) is 0.260. The lowest BCUT2D eigenvalue weighted by molar-refractivity contribution is -0.0194. The predicted molar refractivity (Wildman–Crippen MR) is 110 cm³/mol. The van der Waals surface area contributed by atoms with Gasteiger partial charge in [-0.05, 0) is 31.6 Å². The van der Waals surface area contributed by atoms with E-state index in [1.54, 1.807) is 0 Å². The molecule has 0 bridgehead atoms. The third kappa shape index (κ3) is 11.2. The largest absolute Gasteiger partial charge is 0.518 e. The Morgan fingerprint density at radius 2 is 1.88 bits per heavy atom. The van der Waals surface area contributed by atoms with E-state index in [1.165, 1.54) is 0 Å². The number of hydrogen-bond donors (Lipinski definition) is 2. The van der Waals surface area contributed by atoms with E-state index in [9.17, 15) is 0 Å². The summed E-state index contributed by atoms with van der Waals surface area (Å²) in [6, 6.07) is 0.774. The molecule has 8 heteroatoms. The normalized spacial score (nSPS) is 25.6. The van der Waals surface area contributed by atoms with Gasteiger partial charge in [0, 0.05) is 31.1 Å². The SMILES string of the molecule is CCCCOCCOCCO[Si]1(CCC(S)CC)OCCC(C)CNO1. The van der Waals surface area contributed by atoms with Gasteiger partial charge in [0.15, 0.2) is 0 Å². The van der Waals surface area contributed by atoms with E-state index in [0.29, 0.717) is 44.2 Å². The second kappa shape index (κ2) is 15.3. The molecule has 0 saturated carbocycles. The third-order valence-electron chi connectivity index (χ3n) is 4.41. The van der Waals surface area contributed by atoms with E-state index in [-0.39, 0.29) is 0 Å². The Labute approximate surface area is 166 Å². The van der Waals surface area contributed by atoms with Crippen LogP contribution >= 0.6 is 12.6 Å². The van der Waals surface area contributed by atoms with Crippen molar-refractivity contribution in [3.05, 3.63) is 0 Å². The Kier molecular flexibility index (Phi) is 14.3. The molecular formula is C18H39NO5SSi. The molecule has 1 heterocycles. The summed E-state index contributed by atoms with van der Waals surface area (Å²) in [5.41, 5.74) is 3.08. The fourth-order valence-corrected chi connectivity index (χ4v) is 5.27. The van der Waals surface area contributed by atoms with Crippen LogP contribution < -0.4 is 5.48 Å². The summed E-state index contributed by atoms with van der Waals surface area (Å²) in [6.07, 6.45) is 5.22.